The van der Waals surface area contributed by atoms with Crippen LogP contribution in [0.2, 0.25) is 0 Å². The van der Waals surface area contributed by atoms with Crippen LogP contribution in [-0.4, -0.2) is 17.0 Å². The van der Waals surface area contributed by atoms with Gasteiger partial charge in [-0.05, 0) is 24.7 Å². The van der Waals surface area contributed by atoms with Crippen molar-refractivity contribution in [1.29, 1.82) is 0 Å². The zero-order valence-corrected chi connectivity index (χ0v) is 10.0. The van der Waals surface area contributed by atoms with Gasteiger partial charge in [0.1, 0.15) is 6.10 Å². The Bertz CT molecular complexity index is 197. The topological polar surface area (TPSA) is 37.3 Å². The molecule has 1 rings (SSSR count). The van der Waals surface area contributed by atoms with Crippen LogP contribution in [0, 0.1) is 11.8 Å². The van der Waals surface area contributed by atoms with Gasteiger partial charge in [0.25, 0.3) is 0 Å². The van der Waals surface area contributed by atoms with Crippen molar-refractivity contribution in [2.45, 2.75) is 64.9 Å². The molecule has 0 aromatic heterocycles. The summed E-state index contributed by atoms with van der Waals surface area (Å²) in [6.45, 7) is 4.31. The van der Waals surface area contributed by atoms with Gasteiger partial charge in [-0.15, -0.1) is 0 Å². The van der Waals surface area contributed by atoms with Gasteiger partial charge in [0.15, 0.2) is 5.78 Å². The van der Waals surface area contributed by atoms with Gasteiger partial charge >= 0.3 is 0 Å². The Morgan fingerprint density at radius 1 is 1.40 bits per heavy atom. The second-order valence-corrected chi connectivity index (χ2v) is 4.87. The number of aliphatic hydroxyl groups is 1. The van der Waals surface area contributed by atoms with Gasteiger partial charge < -0.3 is 5.11 Å². The van der Waals surface area contributed by atoms with Crippen LogP contribution in [0.3, 0.4) is 0 Å². The lowest BCUT2D eigenvalue weighted by atomic mass is 9.91. The number of ketones is 1. The fourth-order valence-corrected chi connectivity index (χ4v) is 2.02. The number of hydrogen-bond acceptors (Lipinski definition) is 2. The zero-order valence-electron chi connectivity index (χ0n) is 10.0. The first kappa shape index (κ1) is 12.7. The van der Waals surface area contributed by atoms with Crippen molar-refractivity contribution < 1.29 is 9.90 Å². The van der Waals surface area contributed by atoms with Crippen molar-refractivity contribution in [1.82, 2.24) is 0 Å². The third-order valence-corrected chi connectivity index (χ3v) is 3.43. The van der Waals surface area contributed by atoms with Gasteiger partial charge in [0.05, 0.1) is 0 Å². The summed E-state index contributed by atoms with van der Waals surface area (Å²) in [5, 5.41) is 9.68. The van der Waals surface area contributed by atoms with Crippen molar-refractivity contribution in [2.75, 3.05) is 0 Å². The summed E-state index contributed by atoms with van der Waals surface area (Å²) in [5.74, 6) is 0.868. The lowest BCUT2D eigenvalue weighted by Crippen LogP contribution is -2.24. The first-order valence-corrected chi connectivity index (χ1v) is 6.39. The second-order valence-electron chi connectivity index (χ2n) is 4.87. The van der Waals surface area contributed by atoms with Crippen LogP contribution in [0.25, 0.3) is 0 Å². The summed E-state index contributed by atoms with van der Waals surface area (Å²) in [5.41, 5.74) is 0. The van der Waals surface area contributed by atoms with Gasteiger partial charge in [-0.1, -0.05) is 39.5 Å². The van der Waals surface area contributed by atoms with Crippen molar-refractivity contribution in [3.63, 3.8) is 0 Å². The molecular formula is C13H24O2. The maximum absolute atomic E-state index is 11.7. The van der Waals surface area contributed by atoms with Gasteiger partial charge in [0.2, 0.25) is 0 Å². The van der Waals surface area contributed by atoms with E-state index in [0.29, 0.717) is 18.3 Å². The minimum Gasteiger partial charge on any atom is -0.385 e. The molecule has 1 aliphatic carbocycles. The van der Waals surface area contributed by atoms with Gasteiger partial charge in [-0.25, -0.2) is 0 Å². The Morgan fingerprint density at radius 3 is 2.53 bits per heavy atom. The molecule has 1 aliphatic rings. The first-order valence-electron chi connectivity index (χ1n) is 6.39. The highest BCUT2D eigenvalue weighted by atomic mass is 16.3. The second kappa shape index (κ2) is 6.26. The van der Waals surface area contributed by atoms with E-state index < -0.39 is 6.10 Å². The molecule has 2 nitrogen and oxygen atoms in total. The normalized spacial score (nSPS) is 19.9. The summed E-state index contributed by atoms with van der Waals surface area (Å²) in [6, 6.07) is 0. The van der Waals surface area contributed by atoms with Crippen molar-refractivity contribution in [3.05, 3.63) is 0 Å². The van der Waals surface area contributed by atoms with Gasteiger partial charge in [-0.3, -0.25) is 4.79 Å². The Labute approximate surface area is 93.1 Å². The first-order chi connectivity index (χ1) is 7.19. The molecule has 15 heavy (non-hydrogen) atoms. The summed E-state index contributed by atoms with van der Waals surface area (Å²) in [6.07, 6.45) is 6.60. The molecule has 0 spiro atoms. The smallest absolute Gasteiger partial charge is 0.161 e. The molecule has 1 saturated carbocycles. The lowest BCUT2D eigenvalue weighted by Gasteiger charge is -2.15. The molecule has 0 bridgehead atoms. The Kier molecular flexibility index (Phi) is 5.30. The molecule has 0 aromatic carbocycles. The van der Waals surface area contributed by atoms with E-state index in [2.05, 4.69) is 13.8 Å². The highest BCUT2D eigenvalue weighted by Gasteiger charge is 2.34. The maximum atomic E-state index is 11.7. The SMILES string of the molecule is CCCCC(CC)CC(=O)C(O)C1CC1. The number of carbonyl (C=O) groups is 1. The van der Waals surface area contributed by atoms with E-state index in [4.69, 9.17) is 0 Å². The van der Waals surface area contributed by atoms with Crippen molar-refractivity contribution in [3.8, 4) is 0 Å². The van der Waals surface area contributed by atoms with E-state index in [1.807, 2.05) is 0 Å². The molecule has 0 aliphatic heterocycles. The van der Waals surface area contributed by atoms with Crippen molar-refractivity contribution in [2.24, 2.45) is 11.8 Å². The number of rotatable bonds is 8. The highest BCUT2D eigenvalue weighted by molar-refractivity contribution is 5.83. The van der Waals surface area contributed by atoms with E-state index >= 15 is 0 Å². The van der Waals surface area contributed by atoms with Crippen LogP contribution in [0.15, 0.2) is 0 Å². The van der Waals surface area contributed by atoms with Gasteiger partial charge in [0, 0.05) is 6.42 Å². The molecule has 0 radical (unpaired) electrons. The maximum Gasteiger partial charge on any atom is 0.161 e. The molecule has 2 unspecified atom stereocenters. The van der Waals surface area contributed by atoms with Crippen LogP contribution in [-0.2, 0) is 4.79 Å². The number of aliphatic hydroxyl groups excluding tert-OH is 1. The van der Waals surface area contributed by atoms with Crippen LogP contribution in [0.1, 0.15) is 58.8 Å². The molecule has 0 aromatic rings. The predicted octanol–water partition coefficient (Wildman–Crippen LogP) is 2.93. The Balaban J connectivity index is 2.26. The molecule has 1 fully saturated rings. The average molecular weight is 212 g/mol. The molecule has 1 N–H and O–H groups in total. The summed E-state index contributed by atoms with van der Waals surface area (Å²) < 4.78 is 0. The average Bonchev–Trinajstić information content (AvgIpc) is 3.06. The Morgan fingerprint density at radius 2 is 2.07 bits per heavy atom. The van der Waals surface area contributed by atoms with E-state index in [9.17, 15) is 9.90 Å². The minimum atomic E-state index is -0.652. The van der Waals surface area contributed by atoms with Crippen LogP contribution < -0.4 is 0 Å². The molecule has 0 saturated heterocycles. The monoisotopic (exact) mass is 212 g/mol. The number of hydrogen-bond donors (Lipinski definition) is 1. The zero-order chi connectivity index (χ0) is 11.3. The third kappa shape index (κ3) is 4.33. The fraction of sp³-hybridized carbons (Fsp3) is 0.923. The predicted molar refractivity (Wildman–Crippen MR) is 61.7 cm³/mol. The third-order valence-electron chi connectivity index (χ3n) is 3.43. The Hall–Kier alpha value is -0.370. The van der Waals surface area contributed by atoms with E-state index in [0.717, 1.165) is 25.7 Å². The van der Waals surface area contributed by atoms with E-state index in [1.165, 1.54) is 12.8 Å². The van der Waals surface area contributed by atoms with Crippen LogP contribution >= 0.6 is 0 Å². The quantitative estimate of drug-likeness (QED) is 0.671. The molecule has 88 valence electrons. The van der Waals surface area contributed by atoms with Crippen LogP contribution in [0.5, 0.6) is 0 Å². The number of carbonyl (C=O) groups excluding carboxylic acids is 1. The molecule has 0 heterocycles. The molecule has 0 amide bonds. The largest absolute Gasteiger partial charge is 0.385 e. The fourth-order valence-electron chi connectivity index (χ4n) is 2.02. The molecule has 2 atom stereocenters. The van der Waals surface area contributed by atoms with Crippen LogP contribution in [0.4, 0.5) is 0 Å². The number of Topliss-reactive ketones (excluding diaryl/α,β-unsaturated/α-hetero) is 1. The molecule has 2 heteroatoms. The van der Waals surface area contributed by atoms with Gasteiger partial charge in [-0.2, -0.15) is 0 Å². The lowest BCUT2D eigenvalue weighted by molar-refractivity contribution is -0.129. The molecular weight excluding hydrogens is 188 g/mol. The minimum absolute atomic E-state index is 0.0838. The highest BCUT2D eigenvalue weighted by Crippen LogP contribution is 2.34. The number of unbranched alkanes of at least 4 members (excludes halogenated alkanes) is 1. The van der Waals surface area contributed by atoms with Crippen molar-refractivity contribution >= 4 is 5.78 Å². The van der Waals surface area contributed by atoms with E-state index in [-0.39, 0.29) is 5.78 Å². The summed E-state index contributed by atoms with van der Waals surface area (Å²) in [4.78, 5) is 11.7. The standard InChI is InChI=1S/C13H24O2/c1-3-5-6-10(4-2)9-12(14)13(15)11-7-8-11/h10-11,13,15H,3-9H2,1-2H3. The summed E-state index contributed by atoms with van der Waals surface area (Å²) >= 11 is 0. The van der Waals surface area contributed by atoms with E-state index in [1.54, 1.807) is 0 Å². The summed E-state index contributed by atoms with van der Waals surface area (Å²) in [7, 11) is 0.